The molecular formula is C11H21N4+. The molecule has 0 aromatic carbocycles. The van der Waals surface area contributed by atoms with Crippen LogP contribution < -0.4 is 4.68 Å². The molecule has 1 aromatic heterocycles. The molecule has 0 N–H and O–H groups in total. The van der Waals surface area contributed by atoms with Crippen molar-refractivity contribution in [3.63, 3.8) is 0 Å². The molecule has 1 saturated heterocycles. The molecule has 1 aromatic rings. The summed E-state index contributed by atoms with van der Waals surface area (Å²) in [5.41, 5.74) is 0. The molecule has 0 bridgehead atoms. The van der Waals surface area contributed by atoms with Crippen LogP contribution in [0, 0.1) is 0 Å². The quantitative estimate of drug-likeness (QED) is 0.672. The summed E-state index contributed by atoms with van der Waals surface area (Å²) in [5, 5.41) is 0. The molecule has 84 valence electrons. The number of hydrogen-bond acceptors (Lipinski definition) is 2. The first-order valence-corrected chi connectivity index (χ1v) is 5.80. The molecule has 0 spiro atoms. The minimum Gasteiger partial charge on any atom is -0.301 e. The molecule has 2 heterocycles. The lowest BCUT2D eigenvalue weighted by Crippen LogP contribution is -2.45. The molecule has 1 aliphatic heterocycles. The van der Waals surface area contributed by atoms with Gasteiger partial charge in [0.1, 0.15) is 7.05 Å². The molecule has 1 aliphatic rings. The van der Waals surface area contributed by atoms with E-state index in [2.05, 4.69) is 40.1 Å². The van der Waals surface area contributed by atoms with Crippen molar-refractivity contribution >= 4 is 0 Å². The van der Waals surface area contributed by atoms with E-state index >= 15 is 0 Å². The molecule has 15 heavy (non-hydrogen) atoms. The van der Waals surface area contributed by atoms with E-state index in [-0.39, 0.29) is 0 Å². The highest BCUT2D eigenvalue weighted by Crippen LogP contribution is 2.21. The lowest BCUT2D eigenvalue weighted by molar-refractivity contribution is -0.757. The summed E-state index contributed by atoms with van der Waals surface area (Å²) in [4.78, 5) is 6.71. The van der Waals surface area contributed by atoms with Gasteiger partial charge in [-0.1, -0.05) is 0 Å². The van der Waals surface area contributed by atoms with E-state index in [0.717, 1.165) is 0 Å². The van der Waals surface area contributed by atoms with Crippen LogP contribution in [-0.4, -0.2) is 33.7 Å². The van der Waals surface area contributed by atoms with E-state index in [1.54, 1.807) is 0 Å². The van der Waals surface area contributed by atoms with Gasteiger partial charge in [0.15, 0.2) is 0 Å². The SMILES string of the molecule is CC(C)N1CCC(n2cnc[n+]2C)CC1. The molecule has 4 nitrogen and oxygen atoms in total. The van der Waals surface area contributed by atoms with E-state index in [9.17, 15) is 0 Å². The van der Waals surface area contributed by atoms with Crippen LogP contribution in [0.2, 0.25) is 0 Å². The minimum absolute atomic E-state index is 0.632. The van der Waals surface area contributed by atoms with Gasteiger partial charge in [0, 0.05) is 19.1 Å². The van der Waals surface area contributed by atoms with Crippen molar-refractivity contribution in [2.45, 2.75) is 38.8 Å². The maximum Gasteiger partial charge on any atom is 0.306 e. The van der Waals surface area contributed by atoms with E-state index in [1.807, 2.05) is 12.7 Å². The zero-order chi connectivity index (χ0) is 10.8. The van der Waals surface area contributed by atoms with Gasteiger partial charge < -0.3 is 4.90 Å². The Hall–Kier alpha value is -0.900. The summed E-state index contributed by atoms with van der Waals surface area (Å²) in [6.07, 6.45) is 6.29. The van der Waals surface area contributed by atoms with Crippen molar-refractivity contribution in [1.82, 2.24) is 14.6 Å². The Kier molecular flexibility index (Phi) is 3.05. The second kappa shape index (κ2) is 4.31. The average Bonchev–Trinajstić information content (AvgIpc) is 2.65. The van der Waals surface area contributed by atoms with Crippen LogP contribution in [0.25, 0.3) is 0 Å². The van der Waals surface area contributed by atoms with Gasteiger partial charge in [-0.15, -0.1) is 0 Å². The first-order valence-electron chi connectivity index (χ1n) is 5.80. The van der Waals surface area contributed by atoms with Crippen molar-refractivity contribution in [3.8, 4) is 0 Å². The molecule has 0 aliphatic carbocycles. The van der Waals surface area contributed by atoms with E-state index in [1.165, 1.54) is 25.9 Å². The van der Waals surface area contributed by atoms with Crippen molar-refractivity contribution < 1.29 is 4.68 Å². The summed E-state index contributed by atoms with van der Waals surface area (Å²) in [6.45, 7) is 6.97. The molecule has 0 atom stereocenters. The Morgan fingerprint density at radius 1 is 1.33 bits per heavy atom. The summed E-state index contributed by atoms with van der Waals surface area (Å²) in [5.74, 6) is 0. The first-order chi connectivity index (χ1) is 7.18. The zero-order valence-electron chi connectivity index (χ0n) is 9.93. The third-order valence-electron chi connectivity index (χ3n) is 3.39. The number of rotatable bonds is 2. The lowest BCUT2D eigenvalue weighted by atomic mass is 10.0. The smallest absolute Gasteiger partial charge is 0.301 e. The van der Waals surface area contributed by atoms with Crippen LogP contribution in [0.3, 0.4) is 0 Å². The number of aryl methyl sites for hydroxylation is 1. The number of hydrogen-bond donors (Lipinski definition) is 0. The Morgan fingerprint density at radius 3 is 2.47 bits per heavy atom. The molecule has 2 rings (SSSR count). The molecule has 0 unspecified atom stereocenters. The van der Waals surface area contributed by atoms with Gasteiger partial charge in [-0.2, -0.15) is 9.36 Å². The topological polar surface area (TPSA) is 24.9 Å². The largest absolute Gasteiger partial charge is 0.306 e. The van der Waals surface area contributed by atoms with Crippen LogP contribution in [0.15, 0.2) is 12.7 Å². The normalized spacial score (nSPS) is 20.0. The average molecular weight is 209 g/mol. The second-order valence-corrected chi connectivity index (χ2v) is 4.69. The molecule has 4 heteroatoms. The Balaban J connectivity index is 1.97. The highest BCUT2D eigenvalue weighted by Gasteiger charge is 2.24. The van der Waals surface area contributed by atoms with Gasteiger partial charge in [0.05, 0.1) is 6.04 Å². The van der Waals surface area contributed by atoms with E-state index in [4.69, 9.17) is 0 Å². The predicted octanol–water partition coefficient (Wildman–Crippen LogP) is 0.753. The van der Waals surface area contributed by atoms with Crippen LogP contribution in [0.5, 0.6) is 0 Å². The maximum absolute atomic E-state index is 4.16. The van der Waals surface area contributed by atoms with Crippen molar-refractivity contribution in [1.29, 1.82) is 0 Å². The summed E-state index contributed by atoms with van der Waals surface area (Å²) in [6, 6.07) is 1.31. The van der Waals surface area contributed by atoms with Gasteiger partial charge in [-0.25, -0.2) is 0 Å². The number of nitrogens with zero attached hydrogens (tertiary/aromatic N) is 4. The van der Waals surface area contributed by atoms with E-state index in [0.29, 0.717) is 12.1 Å². The second-order valence-electron chi connectivity index (χ2n) is 4.69. The fraction of sp³-hybridized carbons (Fsp3) is 0.818. The zero-order valence-corrected chi connectivity index (χ0v) is 9.93. The molecule has 0 amide bonds. The van der Waals surface area contributed by atoms with Crippen LogP contribution in [-0.2, 0) is 7.05 Å². The van der Waals surface area contributed by atoms with Crippen LogP contribution >= 0.6 is 0 Å². The third-order valence-corrected chi connectivity index (χ3v) is 3.39. The van der Waals surface area contributed by atoms with Crippen molar-refractivity contribution in [3.05, 3.63) is 12.7 Å². The van der Waals surface area contributed by atoms with Gasteiger partial charge in [-0.05, 0) is 31.7 Å². The highest BCUT2D eigenvalue weighted by molar-refractivity contribution is 4.76. The first kappa shape index (κ1) is 10.6. The Labute approximate surface area is 91.5 Å². The Bertz CT molecular complexity index is 310. The third kappa shape index (κ3) is 2.20. The van der Waals surface area contributed by atoms with Gasteiger partial charge in [0.25, 0.3) is 0 Å². The van der Waals surface area contributed by atoms with E-state index < -0.39 is 0 Å². The number of likely N-dealkylation sites (tertiary alicyclic amines) is 1. The van der Waals surface area contributed by atoms with Crippen LogP contribution in [0.4, 0.5) is 0 Å². The van der Waals surface area contributed by atoms with Crippen molar-refractivity contribution in [2.24, 2.45) is 7.05 Å². The molecular weight excluding hydrogens is 188 g/mol. The summed E-state index contributed by atoms with van der Waals surface area (Å²) >= 11 is 0. The Morgan fingerprint density at radius 2 is 2.00 bits per heavy atom. The highest BCUT2D eigenvalue weighted by atomic mass is 15.4. The fourth-order valence-electron chi connectivity index (χ4n) is 2.35. The number of aromatic nitrogens is 3. The molecule has 0 saturated carbocycles. The minimum atomic E-state index is 0.632. The summed E-state index contributed by atoms with van der Waals surface area (Å²) in [7, 11) is 2.06. The predicted molar refractivity (Wildman–Crippen MR) is 58.4 cm³/mol. The monoisotopic (exact) mass is 209 g/mol. The van der Waals surface area contributed by atoms with Crippen molar-refractivity contribution in [2.75, 3.05) is 13.1 Å². The van der Waals surface area contributed by atoms with Gasteiger partial charge >= 0.3 is 6.33 Å². The van der Waals surface area contributed by atoms with Gasteiger partial charge in [-0.3, -0.25) is 0 Å². The van der Waals surface area contributed by atoms with Gasteiger partial charge in [0.2, 0.25) is 6.33 Å². The lowest BCUT2D eigenvalue weighted by Gasteiger charge is -2.34. The maximum atomic E-state index is 4.16. The molecule has 1 fully saturated rings. The summed E-state index contributed by atoms with van der Waals surface area (Å²) < 4.78 is 4.33. The number of piperidine rings is 1. The molecule has 0 radical (unpaired) electrons. The van der Waals surface area contributed by atoms with Crippen LogP contribution in [0.1, 0.15) is 32.7 Å². The fourth-order valence-corrected chi connectivity index (χ4v) is 2.35. The standard InChI is InChI=1S/C11H21N4/c1-10(2)14-6-4-11(5-7-14)15-9-12-8-13(15)3/h8-11H,4-7H2,1-3H3/q+1.